The number of nitrogens with two attached hydrogens (primary N) is 1. The van der Waals surface area contributed by atoms with E-state index in [9.17, 15) is 4.39 Å². The van der Waals surface area contributed by atoms with Gasteiger partial charge in [0.25, 0.3) is 0 Å². The molecule has 0 saturated heterocycles. The third-order valence-electron chi connectivity index (χ3n) is 2.71. The van der Waals surface area contributed by atoms with E-state index in [0.29, 0.717) is 16.1 Å². The minimum Gasteiger partial charge on any atom is -0.271 e. The highest BCUT2D eigenvalue weighted by Crippen LogP contribution is 2.32. The van der Waals surface area contributed by atoms with Crippen LogP contribution in [0.15, 0.2) is 45.3 Å². The summed E-state index contributed by atoms with van der Waals surface area (Å²) in [6.45, 7) is 0. The lowest BCUT2D eigenvalue weighted by molar-refractivity contribution is 0.560. The van der Waals surface area contributed by atoms with Crippen molar-refractivity contribution in [3.8, 4) is 0 Å². The molecule has 6 heteroatoms. The van der Waals surface area contributed by atoms with E-state index >= 15 is 0 Å². The van der Waals surface area contributed by atoms with Crippen molar-refractivity contribution >= 4 is 43.5 Å². The van der Waals surface area contributed by atoms with Gasteiger partial charge >= 0.3 is 0 Å². The number of nitrogens with one attached hydrogen (secondary N) is 1. The van der Waals surface area contributed by atoms with E-state index in [2.05, 4.69) is 37.3 Å². The Labute approximate surface area is 132 Å². The van der Waals surface area contributed by atoms with Crippen LogP contribution in [0.2, 0.25) is 5.02 Å². The highest BCUT2D eigenvalue weighted by Gasteiger charge is 2.19. The van der Waals surface area contributed by atoms with Gasteiger partial charge in [-0.15, -0.1) is 0 Å². The van der Waals surface area contributed by atoms with E-state index in [1.54, 1.807) is 24.3 Å². The first-order valence-corrected chi connectivity index (χ1v) is 7.35. The lowest BCUT2D eigenvalue weighted by Gasteiger charge is -2.19. The number of hydrogen-bond donors (Lipinski definition) is 2. The van der Waals surface area contributed by atoms with Crippen LogP contribution < -0.4 is 11.3 Å². The summed E-state index contributed by atoms with van der Waals surface area (Å²) in [5, 5.41) is 0.511. The van der Waals surface area contributed by atoms with Gasteiger partial charge in [0.1, 0.15) is 5.82 Å². The van der Waals surface area contributed by atoms with E-state index in [-0.39, 0.29) is 5.82 Å². The lowest BCUT2D eigenvalue weighted by Crippen LogP contribution is -2.29. The van der Waals surface area contributed by atoms with Crippen molar-refractivity contribution in [3.63, 3.8) is 0 Å². The highest BCUT2D eigenvalue weighted by molar-refractivity contribution is 9.10. The molecular weight excluding hydrogens is 398 g/mol. The van der Waals surface area contributed by atoms with Gasteiger partial charge in [-0.25, -0.2) is 9.82 Å². The van der Waals surface area contributed by atoms with Crippen molar-refractivity contribution in [1.82, 2.24) is 5.43 Å². The molecule has 0 bridgehead atoms. The summed E-state index contributed by atoms with van der Waals surface area (Å²) in [4.78, 5) is 0. The molecule has 2 aromatic rings. The number of hydrogen-bond acceptors (Lipinski definition) is 2. The van der Waals surface area contributed by atoms with Crippen LogP contribution in [-0.4, -0.2) is 0 Å². The van der Waals surface area contributed by atoms with Gasteiger partial charge in [0.15, 0.2) is 0 Å². The van der Waals surface area contributed by atoms with Gasteiger partial charge < -0.3 is 0 Å². The third-order valence-corrected chi connectivity index (χ3v) is 4.02. The van der Waals surface area contributed by atoms with Crippen LogP contribution in [0.4, 0.5) is 4.39 Å². The van der Waals surface area contributed by atoms with Gasteiger partial charge in [-0.1, -0.05) is 49.5 Å². The lowest BCUT2D eigenvalue weighted by atomic mass is 9.99. The Morgan fingerprint density at radius 1 is 1.05 bits per heavy atom. The third kappa shape index (κ3) is 3.35. The molecule has 0 aliphatic rings. The molecule has 19 heavy (non-hydrogen) atoms. The fraction of sp³-hybridized carbons (Fsp3) is 0.0769. The first kappa shape index (κ1) is 14.9. The smallest absolute Gasteiger partial charge is 0.128 e. The molecule has 0 amide bonds. The molecule has 0 aliphatic heterocycles. The molecule has 2 nitrogen and oxygen atoms in total. The number of halogens is 4. The fourth-order valence-electron chi connectivity index (χ4n) is 1.82. The highest BCUT2D eigenvalue weighted by atomic mass is 79.9. The summed E-state index contributed by atoms with van der Waals surface area (Å²) >= 11 is 12.8. The molecule has 0 aliphatic carbocycles. The van der Waals surface area contributed by atoms with E-state index in [1.807, 2.05) is 6.07 Å². The molecule has 0 fully saturated rings. The Balaban J connectivity index is 2.52. The molecule has 0 aromatic heterocycles. The summed E-state index contributed by atoms with van der Waals surface area (Å²) in [5.74, 6) is 5.22. The predicted octanol–water partition coefficient (Wildman–Crippen LogP) is 4.56. The Bertz CT molecular complexity index is 607. The second kappa shape index (κ2) is 6.33. The quantitative estimate of drug-likeness (QED) is 0.577. The standard InChI is InChI=1S/C13H10Br2ClFN2/c14-7-2-4-12(17)10(5-7)13(19-18)9-3-1-8(15)6-11(9)16/h1-6,13,19H,18H2. The van der Waals surface area contributed by atoms with Gasteiger partial charge in [-0.3, -0.25) is 5.84 Å². The maximum atomic E-state index is 13.9. The zero-order valence-corrected chi connectivity index (χ0v) is 13.6. The average Bonchev–Trinajstić information content (AvgIpc) is 2.36. The van der Waals surface area contributed by atoms with Gasteiger partial charge in [0.05, 0.1) is 6.04 Å². The Kier molecular flexibility index (Phi) is 4.97. The summed E-state index contributed by atoms with van der Waals surface area (Å²) < 4.78 is 15.6. The van der Waals surface area contributed by atoms with Crippen molar-refractivity contribution in [3.05, 3.63) is 67.3 Å². The first-order valence-electron chi connectivity index (χ1n) is 5.39. The maximum absolute atomic E-state index is 13.9. The van der Waals surface area contributed by atoms with Crippen LogP contribution in [0.5, 0.6) is 0 Å². The van der Waals surface area contributed by atoms with Crippen molar-refractivity contribution < 1.29 is 4.39 Å². The predicted molar refractivity (Wildman–Crippen MR) is 82.4 cm³/mol. The molecule has 0 saturated carbocycles. The molecule has 1 unspecified atom stereocenters. The number of benzene rings is 2. The Morgan fingerprint density at radius 3 is 2.32 bits per heavy atom. The summed E-state index contributed by atoms with van der Waals surface area (Å²) in [5.41, 5.74) is 3.75. The van der Waals surface area contributed by atoms with Crippen LogP contribution in [0.3, 0.4) is 0 Å². The van der Waals surface area contributed by atoms with E-state index in [4.69, 9.17) is 17.4 Å². The summed E-state index contributed by atoms with van der Waals surface area (Å²) in [6.07, 6.45) is 0. The SMILES string of the molecule is NNC(c1cc(Br)ccc1F)c1ccc(Br)cc1Cl. The molecule has 1 atom stereocenters. The molecule has 100 valence electrons. The summed E-state index contributed by atoms with van der Waals surface area (Å²) in [7, 11) is 0. The molecule has 3 N–H and O–H groups in total. The minimum atomic E-state index is -0.516. The maximum Gasteiger partial charge on any atom is 0.128 e. The fourth-order valence-corrected chi connectivity index (χ4v) is 2.98. The number of hydrazine groups is 1. The number of rotatable bonds is 3. The van der Waals surface area contributed by atoms with Crippen molar-refractivity contribution in [2.75, 3.05) is 0 Å². The molecule has 2 aromatic carbocycles. The van der Waals surface area contributed by atoms with Gasteiger partial charge in [-0.2, -0.15) is 0 Å². The Hall–Kier alpha value is -0.460. The van der Waals surface area contributed by atoms with Crippen LogP contribution in [0.25, 0.3) is 0 Å². The normalized spacial score (nSPS) is 12.5. The molecule has 2 rings (SSSR count). The second-order valence-electron chi connectivity index (χ2n) is 3.93. The summed E-state index contributed by atoms with van der Waals surface area (Å²) in [6, 6.07) is 9.57. The molecule has 0 spiro atoms. The monoisotopic (exact) mass is 406 g/mol. The molecule has 0 radical (unpaired) electrons. The van der Waals surface area contributed by atoms with Crippen molar-refractivity contribution in [2.24, 2.45) is 5.84 Å². The average molecular weight is 408 g/mol. The first-order chi connectivity index (χ1) is 9.02. The Morgan fingerprint density at radius 2 is 1.68 bits per heavy atom. The van der Waals surface area contributed by atoms with Crippen LogP contribution in [0, 0.1) is 5.82 Å². The topological polar surface area (TPSA) is 38.0 Å². The van der Waals surface area contributed by atoms with Gasteiger partial charge in [0.2, 0.25) is 0 Å². The zero-order valence-electron chi connectivity index (χ0n) is 9.63. The molecular formula is C13H10Br2ClFN2. The van der Waals surface area contributed by atoms with Crippen molar-refractivity contribution in [1.29, 1.82) is 0 Å². The van der Waals surface area contributed by atoms with E-state index < -0.39 is 6.04 Å². The molecule has 0 heterocycles. The minimum absolute atomic E-state index is 0.342. The van der Waals surface area contributed by atoms with Crippen LogP contribution in [-0.2, 0) is 0 Å². The second-order valence-corrected chi connectivity index (χ2v) is 6.17. The van der Waals surface area contributed by atoms with E-state index in [1.165, 1.54) is 6.07 Å². The largest absolute Gasteiger partial charge is 0.271 e. The van der Waals surface area contributed by atoms with Gasteiger partial charge in [0, 0.05) is 19.5 Å². The van der Waals surface area contributed by atoms with Crippen LogP contribution >= 0.6 is 43.5 Å². The van der Waals surface area contributed by atoms with Crippen molar-refractivity contribution in [2.45, 2.75) is 6.04 Å². The zero-order chi connectivity index (χ0) is 14.0. The van der Waals surface area contributed by atoms with Crippen LogP contribution in [0.1, 0.15) is 17.2 Å². The van der Waals surface area contributed by atoms with Gasteiger partial charge in [-0.05, 0) is 35.9 Å². The van der Waals surface area contributed by atoms with E-state index in [0.717, 1.165) is 8.95 Å².